The summed E-state index contributed by atoms with van der Waals surface area (Å²) in [5.74, 6) is -0.0656. The third kappa shape index (κ3) is 3.62. The van der Waals surface area contributed by atoms with Gasteiger partial charge >= 0.3 is 0 Å². The van der Waals surface area contributed by atoms with Gasteiger partial charge in [-0.1, -0.05) is 28.8 Å². The molecule has 5 heteroatoms. The summed E-state index contributed by atoms with van der Waals surface area (Å²) in [5, 5.41) is 21.8. The summed E-state index contributed by atoms with van der Waals surface area (Å²) in [6, 6.07) is 3.94. The second kappa shape index (κ2) is 6.28. The summed E-state index contributed by atoms with van der Waals surface area (Å²) in [5.41, 5.74) is 0.113. The summed E-state index contributed by atoms with van der Waals surface area (Å²) in [7, 11) is 0. The number of phenolic OH excluding ortho intramolecular Hbond substituents is 2. The topological polar surface area (TPSA) is 69.6 Å². The Morgan fingerprint density at radius 1 is 1.32 bits per heavy atom. The minimum Gasteiger partial charge on any atom is -0.508 e. The van der Waals surface area contributed by atoms with Crippen LogP contribution in [0.1, 0.15) is 36.0 Å². The molecule has 1 aliphatic carbocycles. The van der Waals surface area contributed by atoms with Crippen LogP contribution in [-0.4, -0.2) is 27.5 Å². The average Bonchev–Trinajstić information content (AvgIpc) is 2.40. The molecule has 104 valence electrons. The number of amides is 1. The van der Waals surface area contributed by atoms with Crippen LogP contribution < -0.4 is 5.32 Å². The van der Waals surface area contributed by atoms with Crippen molar-refractivity contribution >= 4 is 21.8 Å². The zero-order valence-corrected chi connectivity index (χ0v) is 12.2. The Kier molecular flexibility index (Phi) is 4.69. The van der Waals surface area contributed by atoms with Gasteiger partial charge in [0.1, 0.15) is 11.5 Å². The lowest BCUT2D eigenvalue weighted by Crippen LogP contribution is -2.34. The molecule has 19 heavy (non-hydrogen) atoms. The number of carbonyl (C=O) groups excluding carboxylic acids is 1. The molecule has 1 fully saturated rings. The van der Waals surface area contributed by atoms with Crippen LogP contribution in [0.5, 0.6) is 11.5 Å². The molecule has 4 nitrogen and oxygen atoms in total. The summed E-state index contributed by atoms with van der Waals surface area (Å²) in [4.78, 5) is 12.4. The van der Waals surface area contributed by atoms with Gasteiger partial charge in [-0.15, -0.1) is 0 Å². The highest BCUT2D eigenvalue weighted by Gasteiger charge is 2.23. The molecule has 0 aromatic heterocycles. The Balaban J connectivity index is 1.95. The molecule has 1 aromatic carbocycles. The van der Waals surface area contributed by atoms with Gasteiger partial charge in [-0.2, -0.15) is 0 Å². The first-order valence-electron chi connectivity index (χ1n) is 6.52. The van der Waals surface area contributed by atoms with Gasteiger partial charge in [0.25, 0.3) is 5.91 Å². The molecule has 1 amide bonds. The van der Waals surface area contributed by atoms with Gasteiger partial charge in [0.05, 0.1) is 5.56 Å². The smallest absolute Gasteiger partial charge is 0.255 e. The fourth-order valence-corrected chi connectivity index (χ4v) is 3.19. The second-order valence-electron chi connectivity index (χ2n) is 4.97. The molecule has 0 saturated heterocycles. The largest absolute Gasteiger partial charge is 0.508 e. The van der Waals surface area contributed by atoms with Crippen molar-refractivity contribution in [1.29, 1.82) is 0 Å². The van der Waals surface area contributed by atoms with Crippen molar-refractivity contribution < 1.29 is 15.0 Å². The molecule has 0 spiro atoms. The Hall–Kier alpha value is -1.23. The van der Waals surface area contributed by atoms with Crippen molar-refractivity contribution in [3.05, 3.63) is 23.8 Å². The number of aromatic hydroxyl groups is 2. The zero-order chi connectivity index (χ0) is 13.8. The highest BCUT2D eigenvalue weighted by molar-refractivity contribution is 9.09. The standard InChI is InChI=1S/C14H18BrNO3/c15-12-4-2-1-3-9(12)8-16-14(19)11-7-10(17)5-6-13(11)18/h5-7,9,12,17-18H,1-4,8H2,(H,16,19). The summed E-state index contributed by atoms with van der Waals surface area (Å²) in [6.07, 6.45) is 4.66. The minimum atomic E-state index is -0.348. The summed E-state index contributed by atoms with van der Waals surface area (Å²) in [6.45, 7) is 0.587. The Morgan fingerprint density at radius 3 is 2.79 bits per heavy atom. The number of benzene rings is 1. The maximum atomic E-state index is 12.0. The molecule has 0 radical (unpaired) electrons. The number of alkyl halides is 1. The monoisotopic (exact) mass is 327 g/mol. The number of rotatable bonds is 3. The van der Waals surface area contributed by atoms with Crippen molar-refractivity contribution in [3.8, 4) is 11.5 Å². The van der Waals surface area contributed by atoms with E-state index in [1.54, 1.807) is 0 Å². The second-order valence-corrected chi connectivity index (χ2v) is 6.15. The van der Waals surface area contributed by atoms with Gasteiger partial charge < -0.3 is 15.5 Å². The van der Waals surface area contributed by atoms with E-state index in [1.807, 2.05) is 0 Å². The van der Waals surface area contributed by atoms with Gasteiger partial charge in [-0.05, 0) is 37.0 Å². The van der Waals surface area contributed by atoms with Crippen molar-refractivity contribution in [2.24, 2.45) is 5.92 Å². The fraction of sp³-hybridized carbons (Fsp3) is 0.500. The van der Waals surface area contributed by atoms with Crippen LogP contribution >= 0.6 is 15.9 Å². The molecular formula is C14H18BrNO3. The van der Waals surface area contributed by atoms with E-state index in [4.69, 9.17) is 0 Å². The first-order valence-corrected chi connectivity index (χ1v) is 7.43. The predicted molar refractivity (Wildman–Crippen MR) is 76.8 cm³/mol. The molecule has 0 bridgehead atoms. The Bertz CT molecular complexity index is 464. The van der Waals surface area contributed by atoms with Gasteiger partial charge in [-0.25, -0.2) is 0 Å². The van der Waals surface area contributed by atoms with E-state index in [-0.39, 0.29) is 23.0 Å². The molecule has 1 saturated carbocycles. The number of carbonyl (C=O) groups is 1. The maximum Gasteiger partial charge on any atom is 0.255 e. The molecule has 0 aliphatic heterocycles. The third-order valence-electron chi connectivity index (χ3n) is 3.57. The first-order chi connectivity index (χ1) is 9.08. The predicted octanol–water partition coefficient (Wildman–Crippen LogP) is 2.78. The van der Waals surface area contributed by atoms with Crippen molar-refractivity contribution in [2.75, 3.05) is 6.54 Å². The molecule has 1 aromatic rings. The van der Waals surface area contributed by atoms with E-state index >= 15 is 0 Å². The van der Waals surface area contributed by atoms with Gasteiger partial charge in [0.2, 0.25) is 0 Å². The van der Waals surface area contributed by atoms with Gasteiger partial charge in [0, 0.05) is 11.4 Å². The minimum absolute atomic E-state index is 0.0287. The number of phenols is 2. The number of hydrogen-bond donors (Lipinski definition) is 3. The molecule has 3 N–H and O–H groups in total. The normalized spacial score (nSPS) is 23.0. The van der Waals surface area contributed by atoms with E-state index < -0.39 is 0 Å². The Morgan fingerprint density at radius 2 is 2.05 bits per heavy atom. The highest BCUT2D eigenvalue weighted by Crippen LogP contribution is 2.29. The lowest BCUT2D eigenvalue weighted by Gasteiger charge is -2.27. The van der Waals surface area contributed by atoms with Crippen molar-refractivity contribution in [1.82, 2.24) is 5.32 Å². The van der Waals surface area contributed by atoms with E-state index in [2.05, 4.69) is 21.2 Å². The average molecular weight is 328 g/mol. The molecule has 2 unspecified atom stereocenters. The molecule has 2 atom stereocenters. The summed E-state index contributed by atoms with van der Waals surface area (Å²) >= 11 is 3.65. The van der Waals surface area contributed by atoms with Crippen LogP contribution in [-0.2, 0) is 0 Å². The van der Waals surface area contributed by atoms with Crippen molar-refractivity contribution in [2.45, 2.75) is 30.5 Å². The van der Waals surface area contributed by atoms with Gasteiger partial charge in [-0.3, -0.25) is 4.79 Å². The highest BCUT2D eigenvalue weighted by atomic mass is 79.9. The lowest BCUT2D eigenvalue weighted by atomic mass is 9.89. The van der Waals surface area contributed by atoms with E-state index in [0.717, 1.165) is 12.8 Å². The van der Waals surface area contributed by atoms with Crippen molar-refractivity contribution in [3.63, 3.8) is 0 Å². The fourth-order valence-electron chi connectivity index (χ4n) is 2.42. The first kappa shape index (κ1) is 14.2. The molecular weight excluding hydrogens is 310 g/mol. The van der Waals surface area contributed by atoms with E-state index in [1.165, 1.54) is 31.0 Å². The zero-order valence-electron chi connectivity index (χ0n) is 10.6. The van der Waals surface area contributed by atoms with Crippen LogP contribution in [0.3, 0.4) is 0 Å². The van der Waals surface area contributed by atoms with Crippen LogP contribution in [0, 0.1) is 5.92 Å². The van der Waals surface area contributed by atoms with E-state index in [9.17, 15) is 15.0 Å². The molecule has 0 heterocycles. The number of nitrogens with one attached hydrogen (secondary N) is 1. The molecule has 2 rings (SSSR count). The maximum absolute atomic E-state index is 12.0. The SMILES string of the molecule is O=C(NCC1CCCCC1Br)c1cc(O)ccc1O. The van der Waals surface area contributed by atoms with Gasteiger partial charge in [0.15, 0.2) is 0 Å². The Labute approximate surface area is 121 Å². The van der Waals surface area contributed by atoms with E-state index in [0.29, 0.717) is 17.3 Å². The van der Waals surface area contributed by atoms with Crippen LogP contribution in [0.25, 0.3) is 0 Å². The number of hydrogen-bond acceptors (Lipinski definition) is 3. The van der Waals surface area contributed by atoms with Crippen LogP contribution in [0.4, 0.5) is 0 Å². The lowest BCUT2D eigenvalue weighted by molar-refractivity contribution is 0.0941. The molecule has 1 aliphatic rings. The van der Waals surface area contributed by atoms with Crippen LogP contribution in [0.15, 0.2) is 18.2 Å². The number of halogens is 1. The summed E-state index contributed by atoms with van der Waals surface area (Å²) < 4.78 is 0. The van der Waals surface area contributed by atoms with Crippen LogP contribution in [0.2, 0.25) is 0 Å². The third-order valence-corrected chi connectivity index (χ3v) is 4.77. The quantitative estimate of drug-likeness (QED) is 0.590.